The number of ether oxygens (including phenoxy) is 2. The summed E-state index contributed by atoms with van der Waals surface area (Å²) in [7, 11) is 9.72. The fourth-order valence-corrected chi connectivity index (χ4v) is 4.76. The molecule has 0 saturated carbocycles. The second kappa shape index (κ2) is 16.0. The van der Waals surface area contributed by atoms with E-state index >= 15 is 0 Å². The number of hydrogen-bond donors (Lipinski definition) is 1. The maximum absolute atomic E-state index is 14.1. The summed E-state index contributed by atoms with van der Waals surface area (Å²) in [6, 6.07) is 5.30. The minimum atomic E-state index is -0.396. The van der Waals surface area contributed by atoms with Crippen LogP contribution in [0.15, 0.2) is 18.2 Å². The van der Waals surface area contributed by atoms with E-state index in [2.05, 4.69) is 11.8 Å². The van der Waals surface area contributed by atoms with E-state index in [1.807, 2.05) is 72.2 Å². The molecule has 1 aromatic carbocycles. The van der Waals surface area contributed by atoms with E-state index in [0.29, 0.717) is 37.4 Å². The number of benzene rings is 1. The molecule has 4 atom stereocenters. The van der Waals surface area contributed by atoms with E-state index < -0.39 is 6.04 Å². The van der Waals surface area contributed by atoms with Gasteiger partial charge in [-0.15, -0.1) is 0 Å². The summed E-state index contributed by atoms with van der Waals surface area (Å²) in [6.45, 7) is 8.06. The van der Waals surface area contributed by atoms with E-state index in [1.54, 1.807) is 9.80 Å². The summed E-state index contributed by atoms with van der Waals surface area (Å²) in [6.07, 6.45) is 3.67. The molecule has 0 spiro atoms. The molecule has 0 unspecified atom stereocenters. The molecule has 0 bridgehead atoms. The molecule has 0 saturated heterocycles. The summed E-state index contributed by atoms with van der Waals surface area (Å²) in [4.78, 5) is 34.4. The number of hydrogen-bond acceptors (Lipinski definition) is 7. The Morgan fingerprint density at radius 3 is 2.51 bits per heavy atom. The number of likely N-dealkylation sites (N-methyl/N-ethyl adjacent to an activating group) is 1. The van der Waals surface area contributed by atoms with E-state index in [4.69, 9.17) is 9.47 Å². The Labute approximate surface area is 236 Å². The first-order chi connectivity index (χ1) is 18.4. The zero-order valence-electron chi connectivity index (χ0n) is 25.5. The third-order valence-corrected chi connectivity index (χ3v) is 7.43. The Morgan fingerprint density at radius 1 is 1.15 bits per heavy atom. The molecule has 39 heavy (non-hydrogen) atoms. The quantitative estimate of drug-likeness (QED) is 0.507. The summed E-state index contributed by atoms with van der Waals surface area (Å²) < 4.78 is 12.6. The van der Waals surface area contributed by atoms with Gasteiger partial charge in [0.2, 0.25) is 5.91 Å². The predicted octanol–water partition coefficient (Wildman–Crippen LogP) is 3.35. The van der Waals surface area contributed by atoms with Crippen LogP contribution in [0.3, 0.4) is 0 Å². The molecule has 0 aliphatic carbocycles. The Bertz CT molecular complexity index is 909. The molecule has 1 N–H and O–H groups in total. The Balaban J connectivity index is 2.35. The smallest absolute Gasteiger partial charge is 0.258 e. The van der Waals surface area contributed by atoms with Gasteiger partial charge >= 0.3 is 0 Å². The topological polar surface area (TPSA) is 85.8 Å². The van der Waals surface area contributed by atoms with Crippen molar-refractivity contribution in [3.63, 3.8) is 0 Å². The summed E-state index contributed by atoms with van der Waals surface area (Å²) in [5, 5.41) is 10.1. The van der Waals surface area contributed by atoms with Gasteiger partial charge in [0, 0.05) is 58.9 Å². The van der Waals surface area contributed by atoms with E-state index in [1.165, 1.54) is 0 Å². The molecule has 2 rings (SSSR count). The first-order valence-corrected chi connectivity index (χ1v) is 14.3. The lowest BCUT2D eigenvalue weighted by Gasteiger charge is -2.36. The highest BCUT2D eigenvalue weighted by atomic mass is 16.5. The average molecular weight is 549 g/mol. The Kier molecular flexibility index (Phi) is 13.5. The minimum absolute atomic E-state index is 0.0611. The van der Waals surface area contributed by atoms with Crippen LogP contribution in [0.1, 0.15) is 63.2 Å². The standard InChI is InChI=1S/C30H52N4O5/c1-22-19-34(23(2)21-35)30(37)26-18-25(32(6)7)14-15-27(26)39-24(3)12-9-10-17-38-28(22)20-33(8)29(36)13-11-16-31(4)5/h14-15,18,22-24,28,35H,9-13,16-17,19-21H2,1-8H3/t22-,23+,24+,28+/m1/s1. The number of carbonyl (C=O) groups excluding carboxylic acids is 2. The maximum Gasteiger partial charge on any atom is 0.258 e. The second-order valence-electron chi connectivity index (χ2n) is 11.6. The SMILES string of the molecule is C[C@@H]1CN([C@@H](C)CO)C(=O)c2cc(N(C)C)ccc2O[C@@H](C)CCCCO[C@H]1CN(C)C(=O)CCCN(C)C. The number of nitrogens with zero attached hydrogens (tertiary/aromatic N) is 4. The molecule has 0 aromatic heterocycles. The monoisotopic (exact) mass is 548 g/mol. The van der Waals surface area contributed by atoms with Crippen LogP contribution in [0.5, 0.6) is 5.75 Å². The predicted molar refractivity (Wildman–Crippen MR) is 157 cm³/mol. The van der Waals surface area contributed by atoms with E-state index in [0.717, 1.165) is 37.9 Å². The van der Waals surface area contributed by atoms with Crippen LogP contribution in [0.4, 0.5) is 5.69 Å². The third-order valence-electron chi connectivity index (χ3n) is 7.43. The molecule has 222 valence electrons. The van der Waals surface area contributed by atoms with Crippen LogP contribution in [0.2, 0.25) is 0 Å². The summed E-state index contributed by atoms with van der Waals surface area (Å²) in [5.41, 5.74) is 1.39. The van der Waals surface area contributed by atoms with Gasteiger partial charge < -0.3 is 34.2 Å². The fourth-order valence-electron chi connectivity index (χ4n) is 4.76. The fraction of sp³-hybridized carbons (Fsp3) is 0.733. The van der Waals surface area contributed by atoms with Crippen molar-refractivity contribution in [1.82, 2.24) is 14.7 Å². The van der Waals surface area contributed by atoms with Crippen LogP contribution in [0, 0.1) is 5.92 Å². The van der Waals surface area contributed by atoms with Crippen molar-refractivity contribution in [2.45, 2.75) is 71.1 Å². The highest BCUT2D eigenvalue weighted by Crippen LogP contribution is 2.29. The molecule has 0 fully saturated rings. The van der Waals surface area contributed by atoms with Crippen LogP contribution >= 0.6 is 0 Å². The minimum Gasteiger partial charge on any atom is -0.490 e. The van der Waals surface area contributed by atoms with Crippen LogP contribution < -0.4 is 9.64 Å². The normalized spacial score (nSPS) is 22.1. The highest BCUT2D eigenvalue weighted by molar-refractivity contribution is 5.98. The number of aliphatic hydroxyl groups excluding tert-OH is 1. The molecule has 1 heterocycles. The molecule has 0 radical (unpaired) electrons. The van der Waals surface area contributed by atoms with Gasteiger partial charge in [0.25, 0.3) is 5.91 Å². The average Bonchev–Trinajstić information content (AvgIpc) is 2.89. The van der Waals surface area contributed by atoms with Crippen molar-refractivity contribution in [2.24, 2.45) is 5.92 Å². The van der Waals surface area contributed by atoms with E-state index in [9.17, 15) is 14.7 Å². The van der Waals surface area contributed by atoms with Crippen LogP contribution in [-0.2, 0) is 9.53 Å². The van der Waals surface area contributed by atoms with Crippen molar-refractivity contribution in [3.05, 3.63) is 23.8 Å². The van der Waals surface area contributed by atoms with Crippen molar-refractivity contribution in [1.29, 1.82) is 0 Å². The first-order valence-electron chi connectivity index (χ1n) is 14.3. The number of anilines is 1. The lowest BCUT2D eigenvalue weighted by atomic mass is 10.0. The maximum atomic E-state index is 14.1. The zero-order chi connectivity index (χ0) is 29.1. The van der Waals surface area contributed by atoms with Gasteiger partial charge in [0.05, 0.1) is 30.4 Å². The molecule has 1 aliphatic rings. The number of aliphatic hydroxyl groups is 1. The number of rotatable bonds is 9. The summed E-state index contributed by atoms with van der Waals surface area (Å²) >= 11 is 0. The van der Waals surface area contributed by atoms with Gasteiger partial charge in [0.1, 0.15) is 5.75 Å². The number of carbonyl (C=O) groups is 2. The van der Waals surface area contributed by atoms with Crippen LogP contribution in [-0.4, -0.2) is 118 Å². The van der Waals surface area contributed by atoms with Crippen molar-refractivity contribution in [2.75, 3.05) is 73.0 Å². The lowest BCUT2D eigenvalue weighted by molar-refractivity contribution is -0.132. The summed E-state index contributed by atoms with van der Waals surface area (Å²) in [5.74, 6) is 0.412. The molecule has 9 heteroatoms. The van der Waals surface area contributed by atoms with Gasteiger partial charge in [-0.05, 0) is 78.4 Å². The van der Waals surface area contributed by atoms with Gasteiger partial charge in [-0.1, -0.05) is 6.92 Å². The lowest BCUT2D eigenvalue weighted by Crippen LogP contribution is -2.48. The van der Waals surface area contributed by atoms with Gasteiger partial charge in [-0.25, -0.2) is 0 Å². The molecular formula is C30H52N4O5. The molecule has 1 aromatic rings. The van der Waals surface area contributed by atoms with Gasteiger partial charge in [0.15, 0.2) is 0 Å². The van der Waals surface area contributed by atoms with Crippen molar-refractivity contribution < 1.29 is 24.2 Å². The van der Waals surface area contributed by atoms with Crippen molar-refractivity contribution in [3.8, 4) is 5.75 Å². The zero-order valence-corrected chi connectivity index (χ0v) is 25.5. The van der Waals surface area contributed by atoms with E-state index in [-0.39, 0.29) is 36.5 Å². The molecule has 9 nitrogen and oxygen atoms in total. The highest BCUT2D eigenvalue weighted by Gasteiger charge is 2.31. The largest absolute Gasteiger partial charge is 0.490 e. The Hall–Kier alpha value is -2.36. The molecular weight excluding hydrogens is 496 g/mol. The Morgan fingerprint density at radius 2 is 1.87 bits per heavy atom. The van der Waals surface area contributed by atoms with Crippen LogP contribution in [0.25, 0.3) is 0 Å². The number of amides is 2. The molecule has 2 amide bonds. The van der Waals surface area contributed by atoms with Gasteiger partial charge in [-0.2, -0.15) is 0 Å². The number of fused-ring (bicyclic) bond motifs is 1. The second-order valence-corrected chi connectivity index (χ2v) is 11.6. The van der Waals surface area contributed by atoms with Crippen molar-refractivity contribution >= 4 is 17.5 Å². The first kappa shape index (κ1) is 32.8. The third kappa shape index (κ3) is 10.3. The molecule has 1 aliphatic heterocycles. The van der Waals surface area contributed by atoms with Gasteiger partial charge in [-0.3, -0.25) is 9.59 Å².